The van der Waals surface area contributed by atoms with Crippen molar-refractivity contribution in [1.82, 2.24) is 20.2 Å². The fourth-order valence-corrected chi connectivity index (χ4v) is 4.49. The highest BCUT2D eigenvalue weighted by atomic mass is 32.2. The van der Waals surface area contributed by atoms with Crippen LogP contribution in [0.25, 0.3) is 5.69 Å². The highest BCUT2D eigenvalue weighted by Crippen LogP contribution is 2.26. The van der Waals surface area contributed by atoms with E-state index in [0.717, 1.165) is 5.56 Å². The van der Waals surface area contributed by atoms with Gasteiger partial charge in [-0.15, -0.1) is 5.10 Å². The van der Waals surface area contributed by atoms with E-state index in [1.165, 1.54) is 22.9 Å². The monoisotopic (exact) mass is 375 g/mol. The van der Waals surface area contributed by atoms with Crippen LogP contribution in [-0.4, -0.2) is 28.6 Å². The van der Waals surface area contributed by atoms with Crippen LogP contribution >= 0.6 is 0 Å². The second kappa shape index (κ2) is 6.49. The molecule has 0 aliphatic rings. The van der Waals surface area contributed by atoms with Gasteiger partial charge >= 0.3 is 0 Å². The van der Waals surface area contributed by atoms with Crippen LogP contribution in [0.5, 0.6) is 0 Å². The molecule has 136 valence electrons. The molecule has 0 spiro atoms. The predicted molar refractivity (Wildman–Crippen MR) is 95.3 cm³/mol. The van der Waals surface area contributed by atoms with Gasteiger partial charge in [0, 0.05) is 0 Å². The summed E-state index contributed by atoms with van der Waals surface area (Å²) in [5, 5.41) is 11.1. The lowest BCUT2D eigenvalue weighted by molar-refractivity contribution is 0.597. The third kappa shape index (κ3) is 3.30. The van der Waals surface area contributed by atoms with E-state index in [0.29, 0.717) is 22.6 Å². The van der Waals surface area contributed by atoms with Gasteiger partial charge in [-0.2, -0.15) is 4.68 Å². The minimum absolute atomic E-state index is 0.145. The van der Waals surface area contributed by atoms with E-state index in [2.05, 4.69) is 20.2 Å². The topological polar surface area (TPSA) is 89.8 Å². The van der Waals surface area contributed by atoms with Gasteiger partial charge in [-0.3, -0.25) is 4.72 Å². The first-order chi connectivity index (χ1) is 12.2. The molecule has 0 bridgehead atoms. The molecule has 7 nitrogen and oxygen atoms in total. The van der Waals surface area contributed by atoms with Crippen molar-refractivity contribution in [3.8, 4) is 5.69 Å². The summed E-state index contributed by atoms with van der Waals surface area (Å²) in [5.74, 6) is -0.193. The molecule has 0 saturated carbocycles. The fourth-order valence-electron chi connectivity index (χ4n) is 2.98. The lowest BCUT2D eigenvalue weighted by atomic mass is 10.1. The molecule has 9 heteroatoms. The second-order valence-corrected chi connectivity index (χ2v) is 7.75. The number of sulfonamides is 1. The highest BCUT2D eigenvalue weighted by molar-refractivity contribution is 7.92. The maximum absolute atomic E-state index is 14.2. The van der Waals surface area contributed by atoms with Crippen LogP contribution < -0.4 is 4.72 Å². The Hall–Kier alpha value is -2.81. The summed E-state index contributed by atoms with van der Waals surface area (Å²) >= 11 is 0. The number of halogens is 1. The zero-order chi connectivity index (χ0) is 19.1. The van der Waals surface area contributed by atoms with Crippen molar-refractivity contribution in [3.05, 3.63) is 58.7 Å². The molecule has 0 unspecified atom stereocenters. The molecule has 0 amide bonds. The number of aromatic nitrogens is 4. The van der Waals surface area contributed by atoms with E-state index < -0.39 is 15.8 Å². The maximum atomic E-state index is 14.2. The van der Waals surface area contributed by atoms with Crippen LogP contribution in [0, 0.1) is 33.5 Å². The number of hydrogen-bond acceptors (Lipinski definition) is 5. The molecular weight excluding hydrogens is 357 g/mol. The van der Waals surface area contributed by atoms with Crippen molar-refractivity contribution in [2.24, 2.45) is 0 Å². The van der Waals surface area contributed by atoms with Gasteiger partial charge in [-0.1, -0.05) is 17.7 Å². The summed E-state index contributed by atoms with van der Waals surface area (Å²) in [4.78, 5) is 0.145. The Balaban J connectivity index is 2.05. The molecule has 0 fully saturated rings. The minimum atomic E-state index is -3.96. The van der Waals surface area contributed by atoms with Crippen molar-refractivity contribution in [2.75, 3.05) is 4.72 Å². The third-order valence-corrected chi connectivity index (χ3v) is 5.61. The molecule has 0 aliphatic carbocycles. The predicted octanol–water partition coefficient (Wildman–Crippen LogP) is 2.84. The molecule has 0 atom stereocenters. The SMILES string of the molecule is Cc1cc(C)c(S(=O)(=O)Nc2cc(-n3nnnc3C)ccc2F)c(C)c1. The summed E-state index contributed by atoms with van der Waals surface area (Å²) in [6.45, 7) is 7.01. The quantitative estimate of drug-likeness (QED) is 0.757. The molecule has 26 heavy (non-hydrogen) atoms. The van der Waals surface area contributed by atoms with Crippen molar-refractivity contribution in [2.45, 2.75) is 32.6 Å². The third-order valence-electron chi connectivity index (χ3n) is 3.94. The minimum Gasteiger partial charge on any atom is -0.277 e. The van der Waals surface area contributed by atoms with Crippen LogP contribution in [0.2, 0.25) is 0 Å². The highest BCUT2D eigenvalue weighted by Gasteiger charge is 2.22. The average molecular weight is 375 g/mol. The van der Waals surface area contributed by atoms with E-state index in [1.807, 2.05) is 6.92 Å². The number of rotatable bonds is 4. The standard InChI is InChI=1S/C17H18FN5O2S/c1-10-7-11(2)17(12(3)8-10)26(24,25)20-16-9-14(5-6-15(16)18)23-13(4)19-21-22-23/h5-9,20H,1-4H3. The van der Waals surface area contributed by atoms with Crippen LogP contribution in [-0.2, 0) is 10.0 Å². The number of nitrogens with zero attached hydrogens (tertiary/aromatic N) is 4. The second-order valence-electron chi connectivity index (χ2n) is 6.14. The largest absolute Gasteiger partial charge is 0.277 e. The summed E-state index contributed by atoms with van der Waals surface area (Å²) < 4.78 is 43.7. The Morgan fingerprint density at radius 1 is 1.04 bits per heavy atom. The molecule has 1 heterocycles. The first-order valence-electron chi connectivity index (χ1n) is 7.84. The van der Waals surface area contributed by atoms with E-state index in [4.69, 9.17) is 0 Å². The zero-order valence-electron chi connectivity index (χ0n) is 14.8. The van der Waals surface area contributed by atoms with Crippen molar-refractivity contribution in [3.63, 3.8) is 0 Å². The van der Waals surface area contributed by atoms with Crippen molar-refractivity contribution in [1.29, 1.82) is 0 Å². The number of nitrogens with one attached hydrogen (secondary N) is 1. The number of benzene rings is 2. The normalized spacial score (nSPS) is 11.6. The van der Waals surface area contributed by atoms with Crippen LogP contribution in [0.1, 0.15) is 22.5 Å². The summed E-state index contributed by atoms with van der Waals surface area (Å²) in [7, 11) is -3.96. The van der Waals surface area contributed by atoms with Crippen LogP contribution in [0.3, 0.4) is 0 Å². The van der Waals surface area contributed by atoms with Crippen molar-refractivity contribution >= 4 is 15.7 Å². The van der Waals surface area contributed by atoms with Gasteiger partial charge in [0.1, 0.15) is 5.82 Å². The Morgan fingerprint density at radius 3 is 2.27 bits per heavy atom. The fraction of sp³-hybridized carbons (Fsp3) is 0.235. The summed E-state index contributed by atoms with van der Waals surface area (Å²) in [6, 6.07) is 7.55. The van der Waals surface area contributed by atoms with E-state index in [1.54, 1.807) is 32.9 Å². The summed E-state index contributed by atoms with van der Waals surface area (Å²) in [6.07, 6.45) is 0. The number of aryl methyl sites for hydroxylation is 4. The van der Waals surface area contributed by atoms with Crippen LogP contribution in [0.4, 0.5) is 10.1 Å². The molecule has 3 aromatic rings. The number of anilines is 1. The molecule has 0 aliphatic heterocycles. The Kier molecular flexibility index (Phi) is 4.49. The van der Waals surface area contributed by atoms with E-state index in [9.17, 15) is 12.8 Å². The molecular formula is C17H18FN5O2S. The lowest BCUT2D eigenvalue weighted by Gasteiger charge is -2.15. The number of tetrazole rings is 1. The molecule has 1 aromatic heterocycles. The molecule has 3 rings (SSSR count). The Bertz CT molecular complexity index is 1070. The maximum Gasteiger partial charge on any atom is 0.262 e. The number of hydrogen-bond donors (Lipinski definition) is 1. The smallest absolute Gasteiger partial charge is 0.262 e. The first-order valence-corrected chi connectivity index (χ1v) is 9.33. The zero-order valence-corrected chi connectivity index (χ0v) is 15.6. The molecule has 1 N–H and O–H groups in total. The van der Waals surface area contributed by atoms with Gasteiger partial charge in [0.25, 0.3) is 10.0 Å². The Labute approximate surface area is 150 Å². The van der Waals surface area contributed by atoms with Gasteiger partial charge in [0.05, 0.1) is 16.3 Å². The molecule has 2 aromatic carbocycles. The van der Waals surface area contributed by atoms with Crippen molar-refractivity contribution < 1.29 is 12.8 Å². The van der Waals surface area contributed by atoms with Gasteiger partial charge in [-0.25, -0.2) is 12.8 Å². The van der Waals surface area contributed by atoms with E-state index >= 15 is 0 Å². The summed E-state index contributed by atoms with van der Waals surface area (Å²) in [5.41, 5.74) is 2.44. The van der Waals surface area contributed by atoms with E-state index in [-0.39, 0.29) is 10.6 Å². The van der Waals surface area contributed by atoms with Gasteiger partial charge < -0.3 is 0 Å². The van der Waals surface area contributed by atoms with Crippen LogP contribution in [0.15, 0.2) is 35.2 Å². The lowest BCUT2D eigenvalue weighted by Crippen LogP contribution is -2.17. The van der Waals surface area contributed by atoms with Gasteiger partial charge in [0.2, 0.25) is 0 Å². The van der Waals surface area contributed by atoms with Gasteiger partial charge in [0.15, 0.2) is 5.82 Å². The average Bonchev–Trinajstić information content (AvgIpc) is 2.94. The van der Waals surface area contributed by atoms with Gasteiger partial charge in [-0.05, 0) is 67.4 Å². The first kappa shape index (κ1) is 18.0. The Morgan fingerprint density at radius 2 is 1.69 bits per heavy atom. The molecule has 0 radical (unpaired) electrons. The molecule has 0 saturated heterocycles.